The molecule has 0 radical (unpaired) electrons. The van der Waals surface area contributed by atoms with Crippen LogP contribution in [-0.4, -0.2) is 67.1 Å². The van der Waals surface area contributed by atoms with E-state index in [-0.39, 0.29) is 13.2 Å². The van der Waals surface area contributed by atoms with Gasteiger partial charge in [0.15, 0.2) is 0 Å². The van der Waals surface area contributed by atoms with Crippen LogP contribution in [0.3, 0.4) is 0 Å². The molecule has 2 N–H and O–H groups in total. The van der Waals surface area contributed by atoms with Gasteiger partial charge in [-0.2, -0.15) is 0 Å². The maximum atomic E-state index is 8.57. The van der Waals surface area contributed by atoms with Crippen LogP contribution in [0.25, 0.3) is 0 Å². The molecule has 0 aromatic rings. The van der Waals surface area contributed by atoms with E-state index in [0.717, 1.165) is 6.67 Å². The highest BCUT2D eigenvalue weighted by Crippen LogP contribution is 1.85. The molecular formula is C7H18N2O2. The molecule has 0 aromatic carbocycles. The second-order valence-corrected chi connectivity index (χ2v) is 2.75. The van der Waals surface area contributed by atoms with E-state index in [1.807, 2.05) is 23.9 Å². The standard InChI is InChI=1S/C7H18N2O2/c1-8(3-5-10)7-9(2)4-6-11/h10-11H,3-7H2,1-2H3. The minimum absolute atomic E-state index is 0.184. The molecule has 0 aliphatic heterocycles. The van der Waals surface area contributed by atoms with Crippen LogP contribution in [0.5, 0.6) is 0 Å². The third-order valence-corrected chi connectivity index (χ3v) is 1.45. The van der Waals surface area contributed by atoms with E-state index < -0.39 is 0 Å². The van der Waals surface area contributed by atoms with Crippen LogP contribution in [-0.2, 0) is 0 Å². The van der Waals surface area contributed by atoms with Gasteiger partial charge in [-0.05, 0) is 14.1 Å². The summed E-state index contributed by atoms with van der Waals surface area (Å²) in [6.07, 6.45) is 0. The van der Waals surface area contributed by atoms with Crippen LogP contribution in [0.15, 0.2) is 0 Å². The van der Waals surface area contributed by atoms with Crippen molar-refractivity contribution in [3.63, 3.8) is 0 Å². The predicted octanol–water partition coefficient (Wildman–Crippen LogP) is -1.21. The Hall–Kier alpha value is -0.160. The average Bonchev–Trinajstić information content (AvgIpc) is 1.87. The van der Waals surface area contributed by atoms with E-state index in [0.29, 0.717) is 13.1 Å². The fourth-order valence-electron chi connectivity index (χ4n) is 0.895. The first-order valence-electron chi connectivity index (χ1n) is 3.79. The highest BCUT2D eigenvalue weighted by molar-refractivity contribution is 4.50. The summed E-state index contributed by atoms with van der Waals surface area (Å²) in [5, 5.41) is 17.1. The first-order valence-corrected chi connectivity index (χ1v) is 3.79. The maximum Gasteiger partial charge on any atom is 0.0558 e. The first kappa shape index (κ1) is 10.8. The van der Waals surface area contributed by atoms with Gasteiger partial charge < -0.3 is 10.2 Å². The van der Waals surface area contributed by atoms with Crippen molar-refractivity contribution < 1.29 is 10.2 Å². The highest BCUT2D eigenvalue weighted by Gasteiger charge is 2.00. The molecule has 0 heterocycles. The van der Waals surface area contributed by atoms with Crippen molar-refractivity contribution in [2.24, 2.45) is 0 Å². The van der Waals surface area contributed by atoms with Crippen molar-refractivity contribution in [3.8, 4) is 0 Å². The Balaban J connectivity index is 3.32. The summed E-state index contributed by atoms with van der Waals surface area (Å²) >= 11 is 0. The number of rotatable bonds is 6. The largest absolute Gasteiger partial charge is 0.395 e. The van der Waals surface area contributed by atoms with Crippen molar-refractivity contribution in [3.05, 3.63) is 0 Å². The quantitative estimate of drug-likeness (QED) is 0.481. The Labute approximate surface area is 68.0 Å². The average molecular weight is 162 g/mol. The lowest BCUT2D eigenvalue weighted by atomic mass is 10.5. The normalized spacial score (nSPS) is 11.5. The van der Waals surface area contributed by atoms with Crippen LogP contribution < -0.4 is 0 Å². The zero-order valence-corrected chi connectivity index (χ0v) is 7.32. The molecule has 0 atom stereocenters. The minimum Gasteiger partial charge on any atom is -0.395 e. The zero-order chi connectivity index (χ0) is 8.69. The molecule has 0 aliphatic rings. The molecule has 0 saturated heterocycles. The molecule has 4 heteroatoms. The van der Waals surface area contributed by atoms with E-state index in [4.69, 9.17) is 10.2 Å². The van der Waals surface area contributed by atoms with Crippen molar-refractivity contribution in [2.75, 3.05) is 47.1 Å². The molecule has 0 spiro atoms. The van der Waals surface area contributed by atoms with Gasteiger partial charge >= 0.3 is 0 Å². The van der Waals surface area contributed by atoms with Crippen LogP contribution in [0.2, 0.25) is 0 Å². The van der Waals surface area contributed by atoms with Crippen molar-refractivity contribution in [1.82, 2.24) is 9.80 Å². The maximum absolute atomic E-state index is 8.57. The fraction of sp³-hybridized carbons (Fsp3) is 1.00. The van der Waals surface area contributed by atoms with Gasteiger partial charge in [0.05, 0.1) is 19.9 Å². The first-order chi connectivity index (χ1) is 5.20. The number of nitrogens with zero attached hydrogens (tertiary/aromatic N) is 2. The van der Waals surface area contributed by atoms with Crippen LogP contribution in [0, 0.1) is 0 Å². The van der Waals surface area contributed by atoms with Gasteiger partial charge in [0.1, 0.15) is 0 Å². The molecule has 0 unspecified atom stereocenters. The Bertz CT molecular complexity index is 80.5. The van der Waals surface area contributed by atoms with Gasteiger partial charge in [0.2, 0.25) is 0 Å². The van der Waals surface area contributed by atoms with Gasteiger partial charge in [-0.3, -0.25) is 9.80 Å². The second kappa shape index (κ2) is 6.54. The number of likely N-dealkylation sites (N-methyl/N-ethyl adjacent to an activating group) is 2. The molecule has 0 amide bonds. The molecule has 0 aliphatic carbocycles. The van der Waals surface area contributed by atoms with E-state index in [1.165, 1.54) is 0 Å². The number of aliphatic hydroxyl groups is 2. The summed E-state index contributed by atoms with van der Waals surface area (Å²) in [5.41, 5.74) is 0. The Morgan fingerprint density at radius 2 is 1.27 bits per heavy atom. The summed E-state index contributed by atoms with van der Waals surface area (Å²) < 4.78 is 0. The van der Waals surface area contributed by atoms with Crippen molar-refractivity contribution in [1.29, 1.82) is 0 Å². The van der Waals surface area contributed by atoms with Gasteiger partial charge in [0.25, 0.3) is 0 Å². The topological polar surface area (TPSA) is 46.9 Å². The Kier molecular flexibility index (Phi) is 6.45. The summed E-state index contributed by atoms with van der Waals surface area (Å²) in [7, 11) is 3.87. The molecule has 68 valence electrons. The van der Waals surface area contributed by atoms with E-state index >= 15 is 0 Å². The monoisotopic (exact) mass is 162 g/mol. The smallest absolute Gasteiger partial charge is 0.0558 e. The third-order valence-electron chi connectivity index (χ3n) is 1.45. The summed E-state index contributed by atoms with van der Waals surface area (Å²) in [6.45, 7) is 2.50. The highest BCUT2D eigenvalue weighted by atomic mass is 16.3. The predicted molar refractivity (Wildman–Crippen MR) is 44.3 cm³/mol. The van der Waals surface area contributed by atoms with E-state index in [2.05, 4.69) is 0 Å². The molecule has 0 fully saturated rings. The lowest BCUT2D eigenvalue weighted by Gasteiger charge is -2.22. The molecule has 0 aromatic heterocycles. The minimum atomic E-state index is 0.184. The lowest BCUT2D eigenvalue weighted by molar-refractivity contribution is 0.132. The molecule has 11 heavy (non-hydrogen) atoms. The van der Waals surface area contributed by atoms with Gasteiger partial charge in [0, 0.05) is 13.1 Å². The van der Waals surface area contributed by atoms with Crippen LogP contribution in [0.4, 0.5) is 0 Å². The molecular weight excluding hydrogens is 144 g/mol. The zero-order valence-electron chi connectivity index (χ0n) is 7.32. The second-order valence-electron chi connectivity index (χ2n) is 2.75. The van der Waals surface area contributed by atoms with Crippen LogP contribution >= 0.6 is 0 Å². The summed E-state index contributed by atoms with van der Waals surface area (Å²) in [4.78, 5) is 3.99. The summed E-state index contributed by atoms with van der Waals surface area (Å²) in [5.74, 6) is 0. The number of hydrogen-bond acceptors (Lipinski definition) is 4. The Morgan fingerprint density at radius 3 is 1.55 bits per heavy atom. The molecule has 0 bridgehead atoms. The number of aliphatic hydroxyl groups excluding tert-OH is 2. The molecule has 0 saturated carbocycles. The van der Waals surface area contributed by atoms with Crippen molar-refractivity contribution in [2.45, 2.75) is 0 Å². The fourth-order valence-corrected chi connectivity index (χ4v) is 0.895. The van der Waals surface area contributed by atoms with Gasteiger partial charge in [-0.25, -0.2) is 0 Å². The van der Waals surface area contributed by atoms with Gasteiger partial charge in [-0.15, -0.1) is 0 Å². The van der Waals surface area contributed by atoms with Crippen LogP contribution in [0.1, 0.15) is 0 Å². The molecule has 0 rings (SSSR count). The summed E-state index contributed by atoms with van der Waals surface area (Å²) in [6, 6.07) is 0. The van der Waals surface area contributed by atoms with Gasteiger partial charge in [-0.1, -0.05) is 0 Å². The Morgan fingerprint density at radius 1 is 0.909 bits per heavy atom. The third kappa shape index (κ3) is 6.25. The lowest BCUT2D eigenvalue weighted by Crippen LogP contribution is -2.35. The molecule has 4 nitrogen and oxygen atoms in total. The van der Waals surface area contributed by atoms with Crippen molar-refractivity contribution >= 4 is 0 Å². The van der Waals surface area contributed by atoms with E-state index in [1.54, 1.807) is 0 Å². The SMILES string of the molecule is CN(CCO)CN(C)CCO. The number of hydrogen-bond donors (Lipinski definition) is 2. The van der Waals surface area contributed by atoms with E-state index in [9.17, 15) is 0 Å².